The first-order chi connectivity index (χ1) is 11.6. The van der Waals surface area contributed by atoms with Gasteiger partial charge in [0.15, 0.2) is 0 Å². The van der Waals surface area contributed by atoms with E-state index in [1.807, 2.05) is 67.4 Å². The molecule has 0 spiro atoms. The van der Waals surface area contributed by atoms with Crippen molar-refractivity contribution in [3.63, 3.8) is 0 Å². The Labute approximate surface area is 148 Å². The number of halogens is 1. The monoisotopic (exact) mass is 346 g/mol. The Balaban J connectivity index is 1.75. The molecule has 4 nitrogen and oxygen atoms in total. The van der Waals surface area contributed by atoms with E-state index in [1.165, 1.54) is 0 Å². The SMILES string of the molecule is CCOc1ccc(CN(C)CC(=O)NCc2ccc(Cl)cc2)cc1. The lowest BCUT2D eigenvalue weighted by Crippen LogP contribution is -2.34. The van der Waals surface area contributed by atoms with E-state index in [2.05, 4.69) is 5.32 Å². The average molecular weight is 347 g/mol. The number of carbonyl (C=O) groups excluding carboxylic acids is 1. The van der Waals surface area contributed by atoms with Crippen LogP contribution in [0.5, 0.6) is 5.75 Å². The lowest BCUT2D eigenvalue weighted by atomic mass is 10.2. The average Bonchev–Trinajstić information content (AvgIpc) is 2.56. The highest BCUT2D eigenvalue weighted by Crippen LogP contribution is 2.13. The lowest BCUT2D eigenvalue weighted by molar-refractivity contribution is -0.122. The van der Waals surface area contributed by atoms with Crippen LogP contribution in [0.1, 0.15) is 18.1 Å². The Bertz CT molecular complexity index is 641. The number of hydrogen-bond donors (Lipinski definition) is 1. The quantitative estimate of drug-likeness (QED) is 0.795. The Kier molecular flexibility index (Phi) is 7.09. The van der Waals surface area contributed by atoms with Crippen LogP contribution in [-0.2, 0) is 17.9 Å². The van der Waals surface area contributed by atoms with Crippen molar-refractivity contribution in [2.24, 2.45) is 0 Å². The van der Waals surface area contributed by atoms with Crippen LogP contribution in [-0.4, -0.2) is 31.0 Å². The summed E-state index contributed by atoms with van der Waals surface area (Å²) in [6, 6.07) is 15.4. The molecule has 0 saturated heterocycles. The molecule has 1 amide bonds. The number of rotatable bonds is 8. The third kappa shape index (κ3) is 6.22. The molecular formula is C19H23ClN2O2. The molecule has 0 aliphatic heterocycles. The van der Waals surface area contributed by atoms with Gasteiger partial charge in [0.1, 0.15) is 5.75 Å². The van der Waals surface area contributed by atoms with Crippen molar-refractivity contribution in [2.45, 2.75) is 20.0 Å². The van der Waals surface area contributed by atoms with Crippen LogP contribution in [0.3, 0.4) is 0 Å². The van der Waals surface area contributed by atoms with Gasteiger partial charge in [-0.1, -0.05) is 35.9 Å². The van der Waals surface area contributed by atoms with Crippen molar-refractivity contribution in [3.8, 4) is 5.75 Å². The number of ether oxygens (including phenoxy) is 1. The lowest BCUT2D eigenvalue weighted by Gasteiger charge is -2.16. The highest BCUT2D eigenvalue weighted by atomic mass is 35.5. The zero-order chi connectivity index (χ0) is 17.4. The van der Waals surface area contributed by atoms with Crippen molar-refractivity contribution >= 4 is 17.5 Å². The molecule has 0 aromatic heterocycles. The summed E-state index contributed by atoms with van der Waals surface area (Å²) in [6.45, 7) is 4.19. The van der Waals surface area contributed by atoms with Crippen LogP contribution < -0.4 is 10.1 Å². The number of nitrogens with one attached hydrogen (secondary N) is 1. The third-order valence-corrected chi connectivity index (χ3v) is 3.76. The Morgan fingerprint density at radius 1 is 1.08 bits per heavy atom. The van der Waals surface area contributed by atoms with Crippen LogP contribution in [0.25, 0.3) is 0 Å². The molecule has 128 valence electrons. The number of nitrogens with zero attached hydrogens (tertiary/aromatic N) is 1. The number of carbonyl (C=O) groups is 1. The molecule has 1 N–H and O–H groups in total. The Morgan fingerprint density at radius 3 is 2.33 bits per heavy atom. The second-order valence-corrected chi connectivity index (χ2v) is 6.09. The van der Waals surface area contributed by atoms with Gasteiger partial charge in [-0.15, -0.1) is 0 Å². The Hall–Kier alpha value is -2.04. The smallest absolute Gasteiger partial charge is 0.234 e. The van der Waals surface area contributed by atoms with Crippen LogP contribution in [0.2, 0.25) is 5.02 Å². The minimum absolute atomic E-state index is 0.00149. The van der Waals surface area contributed by atoms with Gasteiger partial charge in [0.2, 0.25) is 5.91 Å². The molecule has 0 radical (unpaired) electrons. The molecule has 0 atom stereocenters. The fourth-order valence-corrected chi connectivity index (χ4v) is 2.46. The maximum atomic E-state index is 12.0. The van der Waals surface area contributed by atoms with Gasteiger partial charge in [-0.05, 0) is 49.4 Å². The molecule has 24 heavy (non-hydrogen) atoms. The van der Waals surface area contributed by atoms with E-state index in [0.29, 0.717) is 31.3 Å². The fraction of sp³-hybridized carbons (Fsp3) is 0.316. The van der Waals surface area contributed by atoms with Crippen molar-refractivity contribution < 1.29 is 9.53 Å². The summed E-state index contributed by atoms with van der Waals surface area (Å²) >= 11 is 5.85. The van der Waals surface area contributed by atoms with Crippen LogP contribution >= 0.6 is 11.6 Å². The number of amides is 1. The first kappa shape index (κ1) is 18.3. The molecule has 0 heterocycles. The van der Waals surface area contributed by atoms with E-state index in [1.54, 1.807) is 0 Å². The normalized spacial score (nSPS) is 10.7. The predicted molar refractivity (Wildman–Crippen MR) is 97.2 cm³/mol. The predicted octanol–water partition coefficient (Wildman–Crippen LogP) is 3.49. The highest BCUT2D eigenvalue weighted by molar-refractivity contribution is 6.30. The molecule has 0 bridgehead atoms. The number of likely N-dealkylation sites (N-methyl/N-ethyl adjacent to an activating group) is 1. The Morgan fingerprint density at radius 2 is 1.71 bits per heavy atom. The van der Waals surface area contributed by atoms with Crippen molar-refractivity contribution in [1.82, 2.24) is 10.2 Å². The van der Waals surface area contributed by atoms with Gasteiger partial charge >= 0.3 is 0 Å². The molecule has 0 aliphatic rings. The van der Waals surface area contributed by atoms with Gasteiger partial charge in [0.25, 0.3) is 0 Å². The topological polar surface area (TPSA) is 41.6 Å². The van der Waals surface area contributed by atoms with Gasteiger partial charge in [-0.2, -0.15) is 0 Å². The molecule has 5 heteroatoms. The van der Waals surface area contributed by atoms with Gasteiger partial charge < -0.3 is 10.1 Å². The van der Waals surface area contributed by atoms with E-state index in [-0.39, 0.29) is 5.91 Å². The van der Waals surface area contributed by atoms with Gasteiger partial charge in [-0.3, -0.25) is 9.69 Å². The van der Waals surface area contributed by atoms with E-state index in [9.17, 15) is 4.79 Å². The first-order valence-corrected chi connectivity index (χ1v) is 8.36. The second-order valence-electron chi connectivity index (χ2n) is 5.65. The number of benzene rings is 2. The van der Waals surface area contributed by atoms with Crippen LogP contribution in [0.15, 0.2) is 48.5 Å². The molecule has 2 aromatic carbocycles. The summed E-state index contributed by atoms with van der Waals surface area (Å²) < 4.78 is 5.43. The van der Waals surface area contributed by atoms with E-state index in [4.69, 9.17) is 16.3 Å². The van der Waals surface area contributed by atoms with Crippen molar-refractivity contribution in [3.05, 3.63) is 64.7 Å². The largest absolute Gasteiger partial charge is 0.494 e. The minimum atomic E-state index is -0.00149. The fourth-order valence-electron chi connectivity index (χ4n) is 2.33. The summed E-state index contributed by atoms with van der Waals surface area (Å²) in [5, 5.41) is 3.61. The maximum Gasteiger partial charge on any atom is 0.234 e. The molecule has 0 saturated carbocycles. The molecule has 0 unspecified atom stereocenters. The van der Waals surface area contributed by atoms with Crippen molar-refractivity contribution in [1.29, 1.82) is 0 Å². The van der Waals surface area contributed by atoms with E-state index < -0.39 is 0 Å². The van der Waals surface area contributed by atoms with E-state index >= 15 is 0 Å². The third-order valence-electron chi connectivity index (χ3n) is 3.50. The molecular weight excluding hydrogens is 324 g/mol. The van der Waals surface area contributed by atoms with Gasteiger partial charge in [-0.25, -0.2) is 0 Å². The standard InChI is InChI=1S/C19H23ClN2O2/c1-3-24-18-10-6-16(7-11-18)13-22(2)14-19(23)21-12-15-4-8-17(20)9-5-15/h4-11H,3,12-14H2,1-2H3,(H,21,23). The molecule has 0 aliphatic carbocycles. The van der Waals surface area contributed by atoms with Gasteiger partial charge in [0.05, 0.1) is 13.2 Å². The summed E-state index contributed by atoms with van der Waals surface area (Å²) in [7, 11) is 1.93. The summed E-state index contributed by atoms with van der Waals surface area (Å²) in [5.74, 6) is 0.864. The zero-order valence-corrected chi connectivity index (χ0v) is 14.8. The first-order valence-electron chi connectivity index (χ1n) is 7.98. The number of hydrogen-bond acceptors (Lipinski definition) is 3. The van der Waals surface area contributed by atoms with E-state index in [0.717, 1.165) is 16.9 Å². The molecule has 0 fully saturated rings. The van der Waals surface area contributed by atoms with Crippen LogP contribution in [0.4, 0.5) is 0 Å². The summed E-state index contributed by atoms with van der Waals surface area (Å²) in [4.78, 5) is 14.0. The summed E-state index contributed by atoms with van der Waals surface area (Å²) in [6.07, 6.45) is 0. The zero-order valence-electron chi connectivity index (χ0n) is 14.1. The summed E-state index contributed by atoms with van der Waals surface area (Å²) in [5.41, 5.74) is 2.17. The molecule has 2 rings (SSSR count). The minimum Gasteiger partial charge on any atom is -0.494 e. The maximum absolute atomic E-state index is 12.0. The van der Waals surface area contributed by atoms with Gasteiger partial charge in [0, 0.05) is 18.1 Å². The highest BCUT2D eigenvalue weighted by Gasteiger charge is 2.07. The van der Waals surface area contributed by atoms with Crippen molar-refractivity contribution in [2.75, 3.05) is 20.2 Å². The van der Waals surface area contributed by atoms with Crippen LogP contribution in [0, 0.1) is 0 Å². The second kappa shape index (κ2) is 9.30. The molecule has 2 aromatic rings.